The van der Waals surface area contributed by atoms with Gasteiger partial charge >= 0.3 is 6.18 Å². The van der Waals surface area contributed by atoms with Crippen molar-refractivity contribution in [2.45, 2.75) is 6.18 Å². The summed E-state index contributed by atoms with van der Waals surface area (Å²) in [6, 6.07) is 14.5. The number of benzene rings is 2. The van der Waals surface area contributed by atoms with E-state index in [9.17, 15) is 13.2 Å². The van der Waals surface area contributed by atoms with Gasteiger partial charge in [-0.15, -0.1) is 0 Å². The molecule has 0 aliphatic carbocycles. The first kappa shape index (κ1) is 20.1. The van der Waals surface area contributed by atoms with Gasteiger partial charge in [-0.1, -0.05) is 0 Å². The molecule has 0 atom stereocenters. The summed E-state index contributed by atoms with van der Waals surface area (Å²) in [7, 11) is 1.71. The predicted octanol–water partition coefficient (Wildman–Crippen LogP) is 6.22. The second kappa shape index (κ2) is 8.17. The summed E-state index contributed by atoms with van der Waals surface area (Å²) < 4.78 is 42.2. The average Bonchev–Trinajstić information content (AvgIpc) is 2.63. The van der Waals surface area contributed by atoms with E-state index >= 15 is 0 Å². The van der Waals surface area contributed by atoms with Gasteiger partial charge in [0.1, 0.15) is 11.4 Å². The first-order chi connectivity index (χ1) is 12.7. The molecule has 0 fully saturated rings. The summed E-state index contributed by atoms with van der Waals surface area (Å²) >= 11 is 4.31. The normalized spacial score (nSPS) is 11.3. The third kappa shape index (κ3) is 5.00. The van der Waals surface area contributed by atoms with Gasteiger partial charge in [0.05, 0.1) is 0 Å². The van der Waals surface area contributed by atoms with Gasteiger partial charge in [0.15, 0.2) is 0 Å². The lowest BCUT2D eigenvalue weighted by molar-refractivity contribution is -0.137. The second-order valence-corrected chi connectivity index (χ2v) is 8.09. The number of rotatable bonds is 4. The SMILES string of the molecule is CN(c1ccc(I)cc1)c1ncc(C(F)(F)F)c(Nc2ccc(I)cc2)n1. The summed E-state index contributed by atoms with van der Waals surface area (Å²) in [6.45, 7) is 0. The third-order valence-electron chi connectivity index (χ3n) is 3.70. The van der Waals surface area contributed by atoms with E-state index in [1.807, 2.05) is 24.3 Å². The lowest BCUT2D eigenvalue weighted by Gasteiger charge is -2.20. The van der Waals surface area contributed by atoms with Crippen LogP contribution in [0.3, 0.4) is 0 Å². The molecule has 0 amide bonds. The third-order valence-corrected chi connectivity index (χ3v) is 5.14. The molecule has 0 radical (unpaired) electrons. The lowest BCUT2D eigenvalue weighted by Crippen LogP contribution is -2.17. The highest BCUT2D eigenvalue weighted by atomic mass is 127. The molecule has 0 bridgehead atoms. The quantitative estimate of drug-likeness (QED) is 0.364. The van der Waals surface area contributed by atoms with Crippen molar-refractivity contribution < 1.29 is 13.2 Å². The molecule has 2 aromatic carbocycles. The molecule has 1 aromatic heterocycles. The summed E-state index contributed by atoms with van der Waals surface area (Å²) in [5.41, 5.74) is 0.374. The Hall–Kier alpha value is -1.63. The highest BCUT2D eigenvalue weighted by Gasteiger charge is 2.35. The minimum absolute atomic E-state index is 0.164. The van der Waals surface area contributed by atoms with Gasteiger partial charge < -0.3 is 10.2 Å². The Kier molecular flexibility index (Phi) is 6.08. The lowest BCUT2D eigenvalue weighted by atomic mass is 10.2. The summed E-state index contributed by atoms with van der Waals surface area (Å²) in [4.78, 5) is 9.68. The maximum Gasteiger partial charge on any atom is 0.421 e. The number of anilines is 4. The van der Waals surface area contributed by atoms with Crippen molar-refractivity contribution in [2.24, 2.45) is 0 Å². The molecule has 1 heterocycles. The van der Waals surface area contributed by atoms with Crippen molar-refractivity contribution in [3.05, 3.63) is 67.4 Å². The zero-order chi connectivity index (χ0) is 19.6. The van der Waals surface area contributed by atoms with Crippen LogP contribution in [-0.4, -0.2) is 17.0 Å². The fraction of sp³-hybridized carbons (Fsp3) is 0.111. The van der Waals surface area contributed by atoms with Crippen LogP contribution in [-0.2, 0) is 6.18 Å². The first-order valence-corrected chi connectivity index (χ1v) is 9.86. The Labute approximate surface area is 181 Å². The van der Waals surface area contributed by atoms with Crippen LogP contribution in [0.15, 0.2) is 54.7 Å². The Morgan fingerprint density at radius 3 is 2.04 bits per heavy atom. The van der Waals surface area contributed by atoms with Gasteiger partial charge in [0, 0.05) is 31.8 Å². The van der Waals surface area contributed by atoms with E-state index in [4.69, 9.17) is 0 Å². The van der Waals surface area contributed by atoms with Crippen molar-refractivity contribution in [1.29, 1.82) is 0 Å². The molecule has 0 aliphatic heterocycles. The maximum atomic E-state index is 13.4. The van der Waals surface area contributed by atoms with E-state index in [2.05, 4.69) is 60.5 Å². The monoisotopic (exact) mass is 596 g/mol. The van der Waals surface area contributed by atoms with Gasteiger partial charge in [-0.2, -0.15) is 18.2 Å². The molecule has 0 spiro atoms. The molecule has 4 nitrogen and oxygen atoms in total. The second-order valence-electron chi connectivity index (χ2n) is 5.60. The summed E-state index contributed by atoms with van der Waals surface area (Å²) in [5, 5.41) is 2.76. The molecule has 9 heteroatoms. The van der Waals surface area contributed by atoms with Crippen molar-refractivity contribution >= 4 is 68.3 Å². The van der Waals surface area contributed by atoms with Crippen molar-refractivity contribution in [3.8, 4) is 0 Å². The zero-order valence-electron chi connectivity index (χ0n) is 13.9. The standard InChI is InChI=1S/C18H13F3I2N4/c1-27(14-8-4-12(23)5-9-14)17-24-10-15(18(19,20)21)16(26-17)25-13-6-2-11(22)3-7-13/h2-10H,1H3,(H,24,25,26). The van der Waals surface area contributed by atoms with E-state index in [1.165, 1.54) is 0 Å². The Morgan fingerprint density at radius 1 is 0.926 bits per heavy atom. The molecule has 3 rings (SSSR count). The van der Waals surface area contributed by atoms with Crippen LogP contribution in [0.4, 0.5) is 36.3 Å². The van der Waals surface area contributed by atoms with Crippen LogP contribution in [0, 0.1) is 7.14 Å². The van der Waals surface area contributed by atoms with E-state index in [0.29, 0.717) is 5.69 Å². The average molecular weight is 596 g/mol. The first-order valence-electron chi connectivity index (χ1n) is 7.70. The Balaban J connectivity index is 1.99. The van der Waals surface area contributed by atoms with Crippen molar-refractivity contribution in [1.82, 2.24) is 9.97 Å². The highest BCUT2D eigenvalue weighted by Crippen LogP contribution is 2.36. The molecule has 0 saturated heterocycles. The van der Waals surface area contributed by atoms with Crippen LogP contribution < -0.4 is 10.2 Å². The molecule has 0 unspecified atom stereocenters. The van der Waals surface area contributed by atoms with Crippen LogP contribution in [0.25, 0.3) is 0 Å². The van der Waals surface area contributed by atoms with E-state index in [-0.39, 0.29) is 11.8 Å². The van der Waals surface area contributed by atoms with E-state index in [1.54, 1.807) is 36.2 Å². The molecular weight excluding hydrogens is 583 g/mol. The van der Waals surface area contributed by atoms with Gasteiger partial charge in [-0.25, -0.2) is 4.98 Å². The fourth-order valence-electron chi connectivity index (χ4n) is 2.29. The molecule has 1 N–H and O–H groups in total. The topological polar surface area (TPSA) is 41.1 Å². The van der Waals surface area contributed by atoms with E-state index < -0.39 is 11.7 Å². The largest absolute Gasteiger partial charge is 0.421 e. The number of nitrogens with one attached hydrogen (secondary N) is 1. The Bertz CT molecular complexity index is 929. The van der Waals surface area contributed by atoms with Crippen LogP contribution in [0.5, 0.6) is 0 Å². The van der Waals surface area contributed by atoms with E-state index in [0.717, 1.165) is 19.0 Å². The van der Waals surface area contributed by atoms with Crippen LogP contribution in [0.1, 0.15) is 5.56 Å². The number of halogens is 5. The van der Waals surface area contributed by atoms with Gasteiger partial charge in [0.2, 0.25) is 5.95 Å². The van der Waals surface area contributed by atoms with Gasteiger partial charge in [-0.05, 0) is 93.7 Å². The minimum atomic E-state index is -4.56. The van der Waals surface area contributed by atoms with Gasteiger partial charge in [-0.3, -0.25) is 0 Å². The predicted molar refractivity (Wildman–Crippen MR) is 117 cm³/mol. The zero-order valence-corrected chi connectivity index (χ0v) is 18.2. The maximum absolute atomic E-state index is 13.4. The molecule has 0 saturated carbocycles. The number of nitrogens with zero attached hydrogens (tertiary/aromatic N) is 3. The molecule has 140 valence electrons. The van der Waals surface area contributed by atoms with Gasteiger partial charge in [0.25, 0.3) is 0 Å². The Morgan fingerprint density at radius 2 is 1.48 bits per heavy atom. The number of alkyl halides is 3. The fourth-order valence-corrected chi connectivity index (χ4v) is 3.01. The van der Waals surface area contributed by atoms with Crippen molar-refractivity contribution in [3.63, 3.8) is 0 Å². The number of aromatic nitrogens is 2. The molecule has 27 heavy (non-hydrogen) atoms. The highest BCUT2D eigenvalue weighted by molar-refractivity contribution is 14.1. The summed E-state index contributed by atoms with van der Waals surface area (Å²) in [5.74, 6) is -0.122. The smallest absolute Gasteiger partial charge is 0.340 e. The van der Waals surface area contributed by atoms with Crippen LogP contribution >= 0.6 is 45.2 Å². The van der Waals surface area contributed by atoms with Crippen LogP contribution in [0.2, 0.25) is 0 Å². The molecule has 0 aliphatic rings. The van der Waals surface area contributed by atoms with Crippen molar-refractivity contribution in [2.75, 3.05) is 17.3 Å². The molecular formula is C18H13F3I2N4. The minimum Gasteiger partial charge on any atom is -0.340 e. The number of hydrogen-bond acceptors (Lipinski definition) is 4. The summed E-state index contributed by atoms with van der Waals surface area (Å²) in [6.07, 6.45) is -3.76. The number of hydrogen-bond donors (Lipinski definition) is 1. The molecule has 3 aromatic rings.